The van der Waals surface area contributed by atoms with Gasteiger partial charge in [0.1, 0.15) is 5.82 Å². The number of nitrogens with one attached hydrogen (secondary N) is 1. The van der Waals surface area contributed by atoms with Gasteiger partial charge in [-0.1, -0.05) is 18.2 Å². The number of nitrogens with zero attached hydrogens (tertiary/aromatic N) is 1. The fourth-order valence-corrected chi connectivity index (χ4v) is 1.95. The first kappa shape index (κ1) is 11.5. The molecule has 3 aromatic rings. The fraction of sp³-hybridized carbons (Fsp3) is 0. The Bertz CT molecular complexity index is 723. The van der Waals surface area contributed by atoms with Crippen LogP contribution in [0.15, 0.2) is 54.7 Å². The van der Waals surface area contributed by atoms with Crippen LogP contribution in [0, 0.1) is 5.82 Å². The molecule has 94 valence electrons. The zero-order valence-corrected chi connectivity index (χ0v) is 10.1. The molecule has 0 bridgehead atoms. The van der Waals surface area contributed by atoms with Crippen molar-refractivity contribution in [1.82, 2.24) is 4.98 Å². The third kappa shape index (κ3) is 2.20. The van der Waals surface area contributed by atoms with Gasteiger partial charge in [0.05, 0.1) is 23.1 Å². The predicted molar refractivity (Wildman–Crippen MR) is 75.8 cm³/mol. The van der Waals surface area contributed by atoms with Crippen LogP contribution in [-0.4, -0.2) is 4.98 Å². The Labute approximate surface area is 109 Å². The molecule has 3 nitrogen and oxygen atoms in total. The Kier molecular flexibility index (Phi) is 2.76. The molecule has 1 heterocycles. The Morgan fingerprint density at radius 3 is 2.53 bits per heavy atom. The van der Waals surface area contributed by atoms with Gasteiger partial charge < -0.3 is 11.1 Å². The standard InChI is InChI=1S/C15H12FN3/c16-10-5-7-11(8-6-10)19-14-9-18-13-4-2-1-3-12(13)15(14)17/h1-9,19H,(H2,17,18). The fourth-order valence-electron chi connectivity index (χ4n) is 1.95. The summed E-state index contributed by atoms with van der Waals surface area (Å²) in [6, 6.07) is 13.8. The molecule has 0 fully saturated rings. The highest BCUT2D eigenvalue weighted by Crippen LogP contribution is 2.28. The van der Waals surface area contributed by atoms with Gasteiger partial charge in [0, 0.05) is 11.1 Å². The Balaban J connectivity index is 2.01. The van der Waals surface area contributed by atoms with Gasteiger partial charge in [-0.2, -0.15) is 0 Å². The van der Waals surface area contributed by atoms with Gasteiger partial charge in [-0.25, -0.2) is 4.39 Å². The van der Waals surface area contributed by atoms with Crippen LogP contribution in [0.3, 0.4) is 0 Å². The average molecular weight is 253 g/mol. The van der Waals surface area contributed by atoms with E-state index in [4.69, 9.17) is 5.73 Å². The van der Waals surface area contributed by atoms with Crippen molar-refractivity contribution in [1.29, 1.82) is 0 Å². The smallest absolute Gasteiger partial charge is 0.123 e. The summed E-state index contributed by atoms with van der Waals surface area (Å²) >= 11 is 0. The Morgan fingerprint density at radius 1 is 1.00 bits per heavy atom. The lowest BCUT2D eigenvalue weighted by atomic mass is 10.1. The van der Waals surface area contributed by atoms with Crippen molar-refractivity contribution in [3.8, 4) is 0 Å². The first-order valence-corrected chi connectivity index (χ1v) is 5.90. The number of benzene rings is 2. The van der Waals surface area contributed by atoms with Crippen molar-refractivity contribution < 1.29 is 4.39 Å². The molecule has 3 N–H and O–H groups in total. The normalized spacial score (nSPS) is 10.6. The van der Waals surface area contributed by atoms with Crippen LogP contribution < -0.4 is 11.1 Å². The van der Waals surface area contributed by atoms with E-state index < -0.39 is 0 Å². The van der Waals surface area contributed by atoms with Crippen LogP contribution in [0.1, 0.15) is 0 Å². The molecule has 0 aliphatic rings. The first-order chi connectivity index (χ1) is 9.24. The van der Waals surface area contributed by atoms with Gasteiger partial charge in [0.25, 0.3) is 0 Å². The molecule has 0 atom stereocenters. The van der Waals surface area contributed by atoms with Gasteiger partial charge in [0.15, 0.2) is 0 Å². The van der Waals surface area contributed by atoms with Crippen molar-refractivity contribution in [2.24, 2.45) is 0 Å². The Morgan fingerprint density at radius 2 is 1.74 bits per heavy atom. The summed E-state index contributed by atoms with van der Waals surface area (Å²) in [7, 11) is 0. The van der Waals surface area contributed by atoms with E-state index in [1.54, 1.807) is 18.3 Å². The van der Waals surface area contributed by atoms with Gasteiger partial charge in [0.2, 0.25) is 0 Å². The summed E-state index contributed by atoms with van der Waals surface area (Å²) in [4.78, 5) is 4.34. The first-order valence-electron chi connectivity index (χ1n) is 5.90. The lowest BCUT2D eigenvalue weighted by Crippen LogP contribution is -1.98. The quantitative estimate of drug-likeness (QED) is 0.732. The van der Waals surface area contributed by atoms with Crippen molar-refractivity contribution in [3.05, 3.63) is 60.5 Å². The van der Waals surface area contributed by atoms with Crippen LogP contribution in [0.5, 0.6) is 0 Å². The van der Waals surface area contributed by atoms with E-state index in [9.17, 15) is 4.39 Å². The molecule has 19 heavy (non-hydrogen) atoms. The SMILES string of the molecule is Nc1c(Nc2ccc(F)cc2)cnc2ccccc12. The highest BCUT2D eigenvalue weighted by Gasteiger charge is 2.05. The van der Waals surface area contributed by atoms with E-state index in [1.165, 1.54) is 12.1 Å². The number of para-hydroxylation sites is 1. The summed E-state index contributed by atoms with van der Waals surface area (Å²) in [5, 5.41) is 4.04. The molecule has 0 spiro atoms. The molecule has 0 saturated carbocycles. The largest absolute Gasteiger partial charge is 0.396 e. The number of hydrogen-bond donors (Lipinski definition) is 2. The van der Waals surface area contributed by atoms with E-state index in [1.807, 2.05) is 24.3 Å². The second kappa shape index (κ2) is 4.57. The lowest BCUT2D eigenvalue weighted by Gasteiger charge is -2.11. The maximum atomic E-state index is 12.8. The molecule has 4 heteroatoms. The number of anilines is 3. The zero-order valence-electron chi connectivity index (χ0n) is 10.1. The molecule has 0 amide bonds. The molecule has 0 unspecified atom stereocenters. The van der Waals surface area contributed by atoms with Crippen LogP contribution in [0.2, 0.25) is 0 Å². The molecule has 1 aromatic heterocycles. The van der Waals surface area contributed by atoms with Crippen LogP contribution in [0.25, 0.3) is 10.9 Å². The van der Waals surface area contributed by atoms with Gasteiger partial charge in [-0.3, -0.25) is 4.98 Å². The number of nitrogen functional groups attached to an aromatic ring is 1. The third-order valence-electron chi connectivity index (χ3n) is 2.94. The van der Waals surface area contributed by atoms with E-state index >= 15 is 0 Å². The van der Waals surface area contributed by atoms with Crippen LogP contribution in [0.4, 0.5) is 21.5 Å². The number of hydrogen-bond acceptors (Lipinski definition) is 3. The number of aromatic nitrogens is 1. The number of nitrogens with two attached hydrogens (primary N) is 1. The number of halogens is 1. The topological polar surface area (TPSA) is 50.9 Å². The second-order valence-corrected chi connectivity index (χ2v) is 4.23. The highest BCUT2D eigenvalue weighted by molar-refractivity contribution is 5.97. The van der Waals surface area contributed by atoms with Gasteiger partial charge in [-0.05, 0) is 30.3 Å². The van der Waals surface area contributed by atoms with Gasteiger partial charge in [-0.15, -0.1) is 0 Å². The minimum atomic E-state index is -0.268. The summed E-state index contributed by atoms with van der Waals surface area (Å²) < 4.78 is 12.8. The second-order valence-electron chi connectivity index (χ2n) is 4.23. The molecule has 0 radical (unpaired) electrons. The van der Waals surface area contributed by atoms with Crippen LogP contribution in [-0.2, 0) is 0 Å². The number of rotatable bonds is 2. The van der Waals surface area contributed by atoms with Crippen molar-refractivity contribution in [3.63, 3.8) is 0 Å². The molecule has 0 aliphatic carbocycles. The minimum Gasteiger partial charge on any atom is -0.396 e. The average Bonchev–Trinajstić information content (AvgIpc) is 2.45. The maximum Gasteiger partial charge on any atom is 0.123 e. The van der Waals surface area contributed by atoms with E-state index in [0.29, 0.717) is 11.4 Å². The molecular formula is C15H12FN3. The van der Waals surface area contributed by atoms with Crippen molar-refractivity contribution in [2.45, 2.75) is 0 Å². The minimum absolute atomic E-state index is 0.268. The van der Waals surface area contributed by atoms with E-state index in [2.05, 4.69) is 10.3 Å². The van der Waals surface area contributed by atoms with E-state index in [0.717, 1.165) is 16.6 Å². The molecule has 0 saturated heterocycles. The molecule has 3 rings (SSSR count). The number of fused-ring (bicyclic) bond motifs is 1. The summed E-state index contributed by atoms with van der Waals surface area (Å²) in [6.07, 6.45) is 1.68. The lowest BCUT2D eigenvalue weighted by molar-refractivity contribution is 0.628. The van der Waals surface area contributed by atoms with Crippen molar-refractivity contribution in [2.75, 3.05) is 11.1 Å². The van der Waals surface area contributed by atoms with Crippen LogP contribution >= 0.6 is 0 Å². The van der Waals surface area contributed by atoms with Gasteiger partial charge >= 0.3 is 0 Å². The van der Waals surface area contributed by atoms with Crippen molar-refractivity contribution >= 4 is 28.0 Å². The highest BCUT2D eigenvalue weighted by atomic mass is 19.1. The summed E-state index contributed by atoms with van der Waals surface area (Å²) in [5.74, 6) is -0.268. The third-order valence-corrected chi connectivity index (χ3v) is 2.94. The maximum absolute atomic E-state index is 12.8. The number of pyridine rings is 1. The predicted octanol–water partition coefficient (Wildman–Crippen LogP) is 3.70. The monoisotopic (exact) mass is 253 g/mol. The molecule has 2 aromatic carbocycles. The Hall–Kier alpha value is -2.62. The summed E-state index contributed by atoms with van der Waals surface area (Å²) in [5.41, 5.74) is 9.09. The zero-order chi connectivity index (χ0) is 13.2. The molecule has 0 aliphatic heterocycles. The molecular weight excluding hydrogens is 241 g/mol. The van der Waals surface area contributed by atoms with E-state index in [-0.39, 0.29) is 5.82 Å². The summed E-state index contributed by atoms with van der Waals surface area (Å²) in [6.45, 7) is 0.